The summed E-state index contributed by atoms with van der Waals surface area (Å²) in [6.07, 6.45) is 13.2. The zero-order chi connectivity index (χ0) is 9.97. The summed E-state index contributed by atoms with van der Waals surface area (Å²) < 4.78 is 0. The monoisotopic (exact) mass is 192 g/mol. The minimum Gasteiger partial charge on any atom is -0.0730 e. The molecule has 2 aliphatic rings. The van der Waals surface area contributed by atoms with Gasteiger partial charge in [-0.05, 0) is 44.4 Å². The van der Waals surface area contributed by atoms with Crippen molar-refractivity contribution in [2.45, 2.75) is 52.4 Å². The molecule has 1 saturated carbocycles. The zero-order valence-corrected chi connectivity index (χ0v) is 9.55. The van der Waals surface area contributed by atoms with Gasteiger partial charge in [-0.1, -0.05) is 43.1 Å². The van der Waals surface area contributed by atoms with Gasteiger partial charge in [0.2, 0.25) is 0 Å². The van der Waals surface area contributed by atoms with Gasteiger partial charge in [0.05, 0.1) is 0 Å². The smallest absolute Gasteiger partial charge is 0 e. The summed E-state index contributed by atoms with van der Waals surface area (Å²) in [4.78, 5) is 0. The third-order valence-electron chi connectivity index (χ3n) is 3.93. The van der Waals surface area contributed by atoms with E-state index >= 15 is 0 Å². The van der Waals surface area contributed by atoms with E-state index in [0.717, 1.165) is 11.8 Å². The van der Waals surface area contributed by atoms with Gasteiger partial charge in [-0.3, -0.25) is 0 Å². The fourth-order valence-electron chi connectivity index (χ4n) is 2.73. The molecule has 1 fully saturated rings. The summed E-state index contributed by atoms with van der Waals surface area (Å²) in [5, 5.41) is 0. The lowest BCUT2D eigenvalue weighted by Crippen LogP contribution is -2.15. The molecule has 0 saturated heterocycles. The Morgan fingerprint density at radius 3 is 2.36 bits per heavy atom. The molecule has 14 heavy (non-hydrogen) atoms. The SMILES string of the molecule is CC1=CC=C(C2CCC(C)CC2)CC1.[HH]. The van der Waals surface area contributed by atoms with Gasteiger partial charge in [0, 0.05) is 1.43 Å². The first kappa shape index (κ1) is 10.0. The first-order chi connectivity index (χ1) is 6.75. The molecule has 0 unspecified atom stereocenters. The Kier molecular flexibility index (Phi) is 3.10. The maximum absolute atomic E-state index is 2.40. The number of rotatable bonds is 1. The highest BCUT2D eigenvalue weighted by molar-refractivity contribution is 5.24. The van der Waals surface area contributed by atoms with E-state index in [1.54, 1.807) is 11.1 Å². The van der Waals surface area contributed by atoms with Crippen molar-refractivity contribution in [2.24, 2.45) is 11.8 Å². The number of hydrogen-bond donors (Lipinski definition) is 0. The molecule has 0 heterocycles. The van der Waals surface area contributed by atoms with E-state index in [1.807, 2.05) is 0 Å². The third kappa shape index (κ3) is 2.29. The van der Waals surface area contributed by atoms with Gasteiger partial charge in [-0.2, -0.15) is 0 Å². The lowest BCUT2D eigenvalue weighted by atomic mass is 9.77. The third-order valence-corrected chi connectivity index (χ3v) is 3.93. The second-order valence-electron chi connectivity index (χ2n) is 5.21. The summed E-state index contributed by atoms with van der Waals surface area (Å²) in [5.74, 6) is 1.91. The first-order valence-corrected chi connectivity index (χ1v) is 6.12. The largest absolute Gasteiger partial charge is 0.0730 e. The minimum absolute atomic E-state index is 0. The zero-order valence-electron chi connectivity index (χ0n) is 9.55. The van der Waals surface area contributed by atoms with Gasteiger partial charge in [-0.15, -0.1) is 0 Å². The van der Waals surface area contributed by atoms with E-state index in [1.165, 1.54) is 38.5 Å². The van der Waals surface area contributed by atoms with Crippen molar-refractivity contribution in [3.8, 4) is 0 Å². The molecule has 2 aliphatic carbocycles. The van der Waals surface area contributed by atoms with Crippen LogP contribution in [-0.2, 0) is 0 Å². The van der Waals surface area contributed by atoms with E-state index < -0.39 is 0 Å². The van der Waals surface area contributed by atoms with Gasteiger partial charge in [0.15, 0.2) is 0 Å². The van der Waals surface area contributed by atoms with Crippen molar-refractivity contribution < 1.29 is 1.43 Å². The van der Waals surface area contributed by atoms with E-state index in [0.29, 0.717) is 0 Å². The topological polar surface area (TPSA) is 0 Å². The van der Waals surface area contributed by atoms with Crippen LogP contribution in [0.3, 0.4) is 0 Å². The van der Waals surface area contributed by atoms with Crippen molar-refractivity contribution in [1.82, 2.24) is 0 Å². The van der Waals surface area contributed by atoms with E-state index in [2.05, 4.69) is 26.0 Å². The van der Waals surface area contributed by atoms with Crippen LogP contribution in [-0.4, -0.2) is 0 Å². The molecule has 2 rings (SSSR count). The Balaban J connectivity index is 0.00000112. The summed E-state index contributed by atoms with van der Waals surface area (Å²) in [6, 6.07) is 0. The second kappa shape index (κ2) is 4.33. The van der Waals surface area contributed by atoms with Crippen molar-refractivity contribution in [3.05, 3.63) is 23.3 Å². The highest BCUT2D eigenvalue weighted by Crippen LogP contribution is 2.36. The molecule has 0 nitrogen and oxygen atoms in total. The molecule has 0 aliphatic heterocycles. The molecule has 0 aromatic rings. The Labute approximate surface area is 89.6 Å². The first-order valence-electron chi connectivity index (χ1n) is 6.12. The summed E-state index contributed by atoms with van der Waals surface area (Å²) in [6.45, 7) is 4.64. The van der Waals surface area contributed by atoms with Gasteiger partial charge in [-0.25, -0.2) is 0 Å². The molecule has 80 valence electrons. The predicted molar refractivity (Wildman–Crippen MR) is 64.3 cm³/mol. The van der Waals surface area contributed by atoms with Crippen LogP contribution in [0.2, 0.25) is 0 Å². The maximum Gasteiger partial charge on any atom is 0 e. The van der Waals surface area contributed by atoms with Crippen LogP contribution in [0.5, 0.6) is 0 Å². The number of allylic oxidation sites excluding steroid dienone is 4. The van der Waals surface area contributed by atoms with Crippen LogP contribution in [0.4, 0.5) is 0 Å². The van der Waals surface area contributed by atoms with Crippen LogP contribution in [0.15, 0.2) is 23.3 Å². The van der Waals surface area contributed by atoms with Crippen LogP contribution in [0.1, 0.15) is 53.8 Å². The van der Waals surface area contributed by atoms with E-state index in [4.69, 9.17) is 0 Å². The van der Waals surface area contributed by atoms with Crippen LogP contribution >= 0.6 is 0 Å². The average Bonchev–Trinajstić information content (AvgIpc) is 2.21. The average molecular weight is 192 g/mol. The Morgan fingerprint density at radius 1 is 1.07 bits per heavy atom. The molecular weight excluding hydrogens is 168 g/mol. The van der Waals surface area contributed by atoms with Crippen LogP contribution in [0, 0.1) is 11.8 Å². The molecular formula is C14H24. The van der Waals surface area contributed by atoms with E-state index in [-0.39, 0.29) is 1.43 Å². The van der Waals surface area contributed by atoms with Gasteiger partial charge >= 0.3 is 0 Å². The fraction of sp³-hybridized carbons (Fsp3) is 0.714. The highest BCUT2D eigenvalue weighted by Gasteiger charge is 2.21. The molecule has 0 bridgehead atoms. The fourth-order valence-corrected chi connectivity index (χ4v) is 2.73. The molecule has 0 atom stereocenters. The molecule has 0 spiro atoms. The Morgan fingerprint density at radius 2 is 1.79 bits per heavy atom. The van der Waals surface area contributed by atoms with E-state index in [9.17, 15) is 0 Å². The second-order valence-corrected chi connectivity index (χ2v) is 5.21. The quantitative estimate of drug-likeness (QED) is 0.563. The molecule has 0 N–H and O–H groups in total. The minimum atomic E-state index is 0. The molecule has 0 radical (unpaired) electrons. The molecule has 0 amide bonds. The van der Waals surface area contributed by atoms with Crippen molar-refractivity contribution in [3.63, 3.8) is 0 Å². The summed E-state index contributed by atoms with van der Waals surface area (Å²) in [5.41, 5.74) is 3.29. The molecule has 0 aromatic heterocycles. The summed E-state index contributed by atoms with van der Waals surface area (Å²) in [7, 11) is 0. The maximum atomic E-state index is 2.40. The van der Waals surface area contributed by atoms with Crippen molar-refractivity contribution >= 4 is 0 Å². The van der Waals surface area contributed by atoms with Gasteiger partial charge in [0.25, 0.3) is 0 Å². The van der Waals surface area contributed by atoms with Gasteiger partial charge in [0.1, 0.15) is 0 Å². The summed E-state index contributed by atoms with van der Waals surface area (Å²) >= 11 is 0. The molecule has 0 heteroatoms. The van der Waals surface area contributed by atoms with Crippen molar-refractivity contribution in [2.75, 3.05) is 0 Å². The lowest BCUT2D eigenvalue weighted by molar-refractivity contribution is 0.315. The lowest BCUT2D eigenvalue weighted by Gasteiger charge is -2.29. The predicted octanol–water partition coefficient (Wildman–Crippen LogP) is 4.73. The van der Waals surface area contributed by atoms with Crippen molar-refractivity contribution in [1.29, 1.82) is 0 Å². The standard InChI is InChI=1S/C14H22.H2/c1-11-3-7-13(8-4-11)14-9-5-12(2)6-10-14;/h3,7,12,14H,4-6,8-10H2,1-2H3;1H. The van der Waals surface area contributed by atoms with Gasteiger partial charge < -0.3 is 0 Å². The highest BCUT2D eigenvalue weighted by atomic mass is 14.3. The van der Waals surface area contributed by atoms with Crippen LogP contribution in [0.25, 0.3) is 0 Å². The Hall–Kier alpha value is -0.520. The van der Waals surface area contributed by atoms with Crippen LogP contribution < -0.4 is 0 Å². The number of hydrogen-bond acceptors (Lipinski definition) is 0. The normalized spacial score (nSPS) is 33.6. The Bertz CT molecular complexity index is 255. The molecule has 0 aromatic carbocycles.